The normalized spacial score (nSPS) is 23.4. The van der Waals surface area contributed by atoms with Gasteiger partial charge in [0.25, 0.3) is 0 Å². The van der Waals surface area contributed by atoms with Crippen LogP contribution in [-0.4, -0.2) is 88.7 Å². The first-order valence-electron chi connectivity index (χ1n) is 17.9. The monoisotopic (exact) mass is 650 g/mol. The maximum atomic E-state index is 14.0. The SMILES string of the molecule is CC(=C[C@H](C(C)C)N(C)C(=O)[C@@H](NC(=O)C1CCCCN1C(C)C)C(C)C)C(=O)N1CCC[C@H]1C(=O)OC1CCCc2ccccc21. The van der Waals surface area contributed by atoms with E-state index in [1.54, 1.807) is 23.8 Å². The fourth-order valence-corrected chi connectivity index (χ4v) is 7.59. The highest BCUT2D eigenvalue weighted by Crippen LogP contribution is 2.34. The first-order valence-corrected chi connectivity index (χ1v) is 17.9. The Morgan fingerprint density at radius 2 is 1.60 bits per heavy atom. The van der Waals surface area contributed by atoms with E-state index in [-0.39, 0.29) is 59.8 Å². The molecule has 0 bridgehead atoms. The van der Waals surface area contributed by atoms with Crippen molar-refractivity contribution in [1.82, 2.24) is 20.0 Å². The Bertz CT molecular complexity index is 1310. The van der Waals surface area contributed by atoms with E-state index >= 15 is 0 Å². The van der Waals surface area contributed by atoms with Gasteiger partial charge in [0.1, 0.15) is 18.2 Å². The van der Waals surface area contributed by atoms with Crippen LogP contribution in [-0.2, 0) is 30.3 Å². The predicted octanol–water partition coefficient (Wildman–Crippen LogP) is 5.43. The van der Waals surface area contributed by atoms with Crippen molar-refractivity contribution in [2.75, 3.05) is 20.1 Å². The van der Waals surface area contributed by atoms with E-state index in [0.29, 0.717) is 18.5 Å². The molecule has 2 unspecified atom stereocenters. The Hall–Kier alpha value is -3.20. The van der Waals surface area contributed by atoms with E-state index in [4.69, 9.17) is 4.74 Å². The lowest BCUT2D eigenvalue weighted by atomic mass is 9.89. The van der Waals surface area contributed by atoms with Crippen LogP contribution in [0.3, 0.4) is 0 Å². The van der Waals surface area contributed by atoms with Gasteiger partial charge in [-0.15, -0.1) is 0 Å². The molecule has 3 amide bonds. The molecular weight excluding hydrogens is 592 g/mol. The Morgan fingerprint density at radius 3 is 2.28 bits per heavy atom. The zero-order chi connectivity index (χ0) is 34.4. The number of hydrogen-bond acceptors (Lipinski definition) is 6. The van der Waals surface area contributed by atoms with Gasteiger partial charge in [0.2, 0.25) is 17.7 Å². The summed E-state index contributed by atoms with van der Waals surface area (Å²) >= 11 is 0. The lowest BCUT2D eigenvalue weighted by molar-refractivity contribution is -0.158. The Morgan fingerprint density at radius 1 is 0.894 bits per heavy atom. The van der Waals surface area contributed by atoms with Crippen LogP contribution in [0, 0.1) is 11.8 Å². The number of esters is 1. The third kappa shape index (κ3) is 8.64. The summed E-state index contributed by atoms with van der Waals surface area (Å²) < 4.78 is 6.05. The number of nitrogens with zero attached hydrogens (tertiary/aromatic N) is 3. The minimum absolute atomic E-state index is 0.00991. The number of hydrogen-bond donors (Lipinski definition) is 1. The number of likely N-dealkylation sites (tertiary alicyclic amines) is 2. The van der Waals surface area contributed by atoms with Gasteiger partial charge in [0, 0.05) is 25.2 Å². The molecule has 5 atom stereocenters. The van der Waals surface area contributed by atoms with Crippen molar-refractivity contribution in [3.8, 4) is 0 Å². The molecular formula is C38H58N4O5. The van der Waals surface area contributed by atoms with Crippen LogP contribution >= 0.6 is 0 Å². The molecule has 1 aliphatic carbocycles. The van der Waals surface area contributed by atoms with Gasteiger partial charge in [-0.3, -0.25) is 19.3 Å². The summed E-state index contributed by atoms with van der Waals surface area (Å²) in [7, 11) is 1.75. The molecule has 1 aromatic rings. The summed E-state index contributed by atoms with van der Waals surface area (Å²) in [5.74, 6) is -0.925. The second-order valence-electron chi connectivity index (χ2n) is 14.8. The van der Waals surface area contributed by atoms with Gasteiger partial charge in [-0.25, -0.2) is 4.79 Å². The number of rotatable bonds is 11. The number of piperidine rings is 1. The maximum absolute atomic E-state index is 14.0. The molecule has 2 aliphatic heterocycles. The standard InChI is InChI=1S/C38H58N4O5/c1-24(2)32(40(8)37(45)34(25(3)4)39-35(43)30-18-11-12-21-41(30)26(5)6)23-27(7)36(44)42-22-14-19-31(42)38(46)47-33-20-13-16-28-15-9-10-17-29(28)33/h9-10,15,17,23-26,30-34H,11-14,16,18-22H2,1-8H3,(H,39,43)/t30?,31-,32+,33?,34-/m0/s1. The van der Waals surface area contributed by atoms with Gasteiger partial charge in [-0.1, -0.05) is 64.5 Å². The van der Waals surface area contributed by atoms with Gasteiger partial charge >= 0.3 is 5.97 Å². The van der Waals surface area contributed by atoms with Crippen LogP contribution in [0.25, 0.3) is 0 Å². The Labute approximate surface area is 282 Å². The number of ether oxygens (including phenoxy) is 1. The molecule has 0 saturated carbocycles. The molecule has 47 heavy (non-hydrogen) atoms. The van der Waals surface area contributed by atoms with Crippen molar-refractivity contribution in [3.05, 3.63) is 47.0 Å². The molecule has 2 fully saturated rings. The Balaban J connectivity index is 1.45. The molecule has 1 N–H and O–H groups in total. The molecule has 3 aliphatic rings. The maximum Gasteiger partial charge on any atom is 0.329 e. The summed E-state index contributed by atoms with van der Waals surface area (Å²) in [6.45, 7) is 15.3. The number of likely N-dealkylation sites (N-methyl/N-ethyl adjacent to an activating group) is 1. The van der Waals surface area contributed by atoms with E-state index in [1.807, 2.05) is 52.0 Å². The van der Waals surface area contributed by atoms with Gasteiger partial charge < -0.3 is 19.9 Å². The lowest BCUT2D eigenvalue weighted by Gasteiger charge is -2.39. The minimum atomic E-state index is -0.684. The number of carbonyl (C=O) groups excluding carboxylic acids is 4. The largest absolute Gasteiger partial charge is 0.456 e. The van der Waals surface area contributed by atoms with Crippen LogP contribution in [0.5, 0.6) is 0 Å². The zero-order valence-electron chi connectivity index (χ0n) is 30.0. The molecule has 9 heteroatoms. The molecule has 0 spiro atoms. The fourth-order valence-electron chi connectivity index (χ4n) is 7.59. The second kappa shape index (κ2) is 16.3. The minimum Gasteiger partial charge on any atom is -0.456 e. The topological polar surface area (TPSA) is 99.3 Å². The zero-order valence-corrected chi connectivity index (χ0v) is 30.0. The van der Waals surface area contributed by atoms with Crippen molar-refractivity contribution in [2.45, 2.75) is 136 Å². The van der Waals surface area contributed by atoms with Crippen molar-refractivity contribution in [1.29, 1.82) is 0 Å². The van der Waals surface area contributed by atoms with Crippen LogP contribution in [0.2, 0.25) is 0 Å². The third-order valence-corrected chi connectivity index (χ3v) is 10.3. The molecule has 9 nitrogen and oxygen atoms in total. The molecule has 2 heterocycles. The summed E-state index contributed by atoms with van der Waals surface area (Å²) in [5.41, 5.74) is 2.78. The lowest BCUT2D eigenvalue weighted by Crippen LogP contribution is -2.58. The average molecular weight is 651 g/mol. The Kier molecular flexibility index (Phi) is 12.7. The number of nitrogens with one attached hydrogen (secondary N) is 1. The predicted molar refractivity (Wildman–Crippen MR) is 184 cm³/mol. The summed E-state index contributed by atoms with van der Waals surface area (Å²) in [6.07, 6.45) is 8.47. The second-order valence-corrected chi connectivity index (χ2v) is 14.8. The highest BCUT2D eigenvalue weighted by molar-refractivity contribution is 5.96. The quantitative estimate of drug-likeness (QED) is 0.253. The molecule has 4 rings (SSSR count). The van der Waals surface area contributed by atoms with Gasteiger partial charge in [-0.2, -0.15) is 0 Å². The van der Waals surface area contributed by atoms with E-state index < -0.39 is 12.1 Å². The van der Waals surface area contributed by atoms with E-state index in [2.05, 4.69) is 30.1 Å². The van der Waals surface area contributed by atoms with Crippen molar-refractivity contribution in [3.63, 3.8) is 0 Å². The molecule has 0 aromatic heterocycles. The van der Waals surface area contributed by atoms with Crippen molar-refractivity contribution in [2.24, 2.45) is 11.8 Å². The summed E-state index contributed by atoms with van der Waals surface area (Å²) in [6, 6.07) is 6.45. The van der Waals surface area contributed by atoms with Gasteiger partial charge in [0.05, 0.1) is 12.1 Å². The summed E-state index contributed by atoms with van der Waals surface area (Å²) in [5, 5.41) is 3.11. The number of amides is 3. The van der Waals surface area contributed by atoms with Gasteiger partial charge in [0.15, 0.2) is 0 Å². The molecule has 2 saturated heterocycles. The van der Waals surface area contributed by atoms with E-state index in [0.717, 1.165) is 57.1 Å². The third-order valence-electron chi connectivity index (χ3n) is 10.3. The summed E-state index contributed by atoms with van der Waals surface area (Å²) in [4.78, 5) is 60.4. The first kappa shape index (κ1) is 36.6. The van der Waals surface area contributed by atoms with Crippen LogP contribution in [0.15, 0.2) is 35.9 Å². The van der Waals surface area contributed by atoms with E-state index in [1.165, 1.54) is 5.56 Å². The van der Waals surface area contributed by atoms with E-state index in [9.17, 15) is 19.2 Å². The van der Waals surface area contributed by atoms with Crippen molar-refractivity contribution < 1.29 is 23.9 Å². The van der Waals surface area contributed by atoms with Crippen LogP contribution in [0.1, 0.15) is 111 Å². The van der Waals surface area contributed by atoms with Gasteiger partial charge in [-0.05, 0) is 95.2 Å². The van der Waals surface area contributed by atoms with Crippen LogP contribution < -0.4 is 5.32 Å². The average Bonchev–Trinajstić information content (AvgIpc) is 3.55. The number of fused-ring (bicyclic) bond motifs is 1. The number of aryl methyl sites for hydroxylation is 1. The molecule has 0 radical (unpaired) electrons. The molecule has 1 aromatic carbocycles. The van der Waals surface area contributed by atoms with Crippen LogP contribution in [0.4, 0.5) is 0 Å². The highest BCUT2D eigenvalue weighted by atomic mass is 16.5. The molecule has 260 valence electrons. The number of carbonyl (C=O) groups is 4. The first-order chi connectivity index (χ1) is 22.3. The smallest absolute Gasteiger partial charge is 0.329 e. The fraction of sp³-hybridized carbons (Fsp3) is 0.684. The highest BCUT2D eigenvalue weighted by Gasteiger charge is 2.39. The number of benzene rings is 1. The van der Waals surface area contributed by atoms with Crippen molar-refractivity contribution >= 4 is 23.7 Å².